The van der Waals surface area contributed by atoms with Gasteiger partial charge in [0.15, 0.2) is 11.5 Å². The summed E-state index contributed by atoms with van der Waals surface area (Å²) in [7, 11) is 0. The molecule has 0 bridgehead atoms. The van der Waals surface area contributed by atoms with Gasteiger partial charge in [-0.05, 0) is 84.0 Å². The van der Waals surface area contributed by atoms with Crippen LogP contribution >= 0.6 is 34.2 Å². The lowest BCUT2D eigenvalue weighted by Gasteiger charge is -2.15. The van der Waals surface area contributed by atoms with Crippen molar-refractivity contribution in [3.8, 4) is 11.5 Å². The number of carbonyl (C=O) groups excluding carboxylic acids is 1. The molecule has 3 rings (SSSR count). The summed E-state index contributed by atoms with van der Waals surface area (Å²) in [5.41, 5.74) is 6.37. The zero-order valence-electron chi connectivity index (χ0n) is 18.4. The molecule has 33 heavy (non-hydrogen) atoms. The average molecular weight is 578 g/mol. The predicted octanol–water partition coefficient (Wildman–Crippen LogP) is 5.79. The number of rotatable bonds is 10. The highest BCUT2D eigenvalue weighted by molar-refractivity contribution is 14.1. The van der Waals surface area contributed by atoms with E-state index in [0.29, 0.717) is 29.7 Å². The minimum atomic E-state index is -0.241. The van der Waals surface area contributed by atoms with E-state index in [1.54, 1.807) is 6.21 Å². The Morgan fingerprint density at radius 3 is 2.52 bits per heavy atom. The Morgan fingerprint density at radius 2 is 1.82 bits per heavy atom. The van der Waals surface area contributed by atoms with Crippen molar-refractivity contribution in [2.24, 2.45) is 5.10 Å². The first-order valence-electron chi connectivity index (χ1n) is 10.4. The van der Waals surface area contributed by atoms with Crippen molar-refractivity contribution in [1.29, 1.82) is 0 Å². The molecule has 0 heterocycles. The van der Waals surface area contributed by atoms with E-state index in [9.17, 15) is 4.79 Å². The van der Waals surface area contributed by atoms with Gasteiger partial charge in [-0.1, -0.05) is 41.4 Å². The summed E-state index contributed by atoms with van der Waals surface area (Å²) in [6.45, 7) is 4.94. The van der Waals surface area contributed by atoms with Gasteiger partial charge in [0.25, 0.3) is 5.91 Å². The Balaban J connectivity index is 1.60. The van der Waals surface area contributed by atoms with Gasteiger partial charge in [-0.2, -0.15) is 5.10 Å². The third-order valence-electron chi connectivity index (χ3n) is 4.54. The lowest BCUT2D eigenvalue weighted by Crippen LogP contribution is -2.25. The molecule has 0 fully saturated rings. The topological polar surface area (TPSA) is 72.0 Å². The summed E-state index contributed by atoms with van der Waals surface area (Å²) in [5, 5.41) is 7.81. The summed E-state index contributed by atoms with van der Waals surface area (Å²) in [5.74, 6) is 1.04. The van der Waals surface area contributed by atoms with Crippen LogP contribution in [0.4, 0.5) is 5.69 Å². The van der Waals surface area contributed by atoms with Gasteiger partial charge < -0.3 is 14.8 Å². The van der Waals surface area contributed by atoms with Gasteiger partial charge >= 0.3 is 0 Å². The van der Waals surface area contributed by atoms with E-state index in [2.05, 4.69) is 38.4 Å². The highest BCUT2D eigenvalue weighted by Crippen LogP contribution is 2.34. The fourth-order valence-corrected chi connectivity index (χ4v) is 3.78. The molecule has 0 saturated heterocycles. The number of hydrogen-bond acceptors (Lipinski definition) is 5. The van der Waals surface area contributed by atoms with Crippen molar-refractivity contribution < 1.29 is 14.3 Å². The van der Waals surface area contributed by atoms with E-state index in [4.69, 9.17) is 21.1 Å². The minimum Gasteiger partial charge on any atom is -0.490 e. The molecule has 2 N–H and O–H groups in total. The van der Waals surface area contributed by atoms with Gasteiger partial charge in [-0.25, -0.2) is 5.43 Å². The van der Waals surface area contributed by atoms with Crippen LogP contribution in [-0.4, -0.2) is 25.3 Å². The number of nitrogens with zero attached hydrogens (tertiary/aromatic N) is 1. The lowest BCUT2D eigenvalue weighted by molar-refractivity contribution is -0.119. The monoisotopic (exact) mass is 577 g/mol. The second kappa shape index (κ2) is 12.5. The zero-order chi connectivity index (χ0) is 23.6. The van der Waals surface area contributed by atoms with Gasteiger partial charge in [0.2, 0.25) is 0 Å². The number of nitrogens with one attached hydrogen (secondary N) is 2. The maximum absolute atomic E-state index is 12.1. The second-order valence-electron chi connectivity index (χ2n) is 7.19. The van der Waals surface area contributed by atoms with Crippen LogP contribution in [0.2, 0.25) is 5.02 Å². The number of benzene rings is 3. The van der Waals surface area contributed by atoms with Crippen LogP contribution in [-0.2, 0) is 11.4 Å². The Kier molecular flexibility index (Phi) is 9.38. The number of ether oxygens (including phenoxy) is 2. The molecule has 0 aliphatic carbocycles. The van der Waals surface area contributed by atoms with Crippen LogP contribution in [0, 0.1) is 10.5 Å². The highest BCUT2D eigenvalue weighted by Gasteiger charge is 2.12. The average Bonchev–Trinajstić information content (AvgIpc) is 2.79. The summed E-state index contributed by atoms with van der Waals surface area (Å²) >= 11 is 8.15. The molecule has 8 heteroatoms. The second-order valence-corrected chi connectivity index (χ2v) is 8.79. The molecule has 0 atom stereocenters. The van der Waals surface area contributed by atoms with Crippen LogP contribution < -0.4 is 20.2 Å². The summed E-state index contributed by atoms with van der Waals surface area (Å²) in [6, 6.07) is 19.1. The molecule has 3 aromatic carbocycles. The smallest absolute Gasteiger partial charge is 0.259 e. The summed E-state index contributed by atoms with van der Waals surface area (Å²) in [6.07, 6.45) is 1.58. The molecule has 3 aromatic rings. The van der Waals surface area contributed by atoms with Gasteiger partial charge in [0.1, 0.15) is 6.61 Å². The molecule has 0 saturated carbocycles. The summed E-state index contributed by atoms with van der Waals surface area (Å²) < 4.78 is 12.7. The van der Waals surface area contributed by atoms with E-state index >= 15 is 0 Å². The number of aryl methyl sites for hydroxylation is 1. The maximum Gasteiger partial charge on any atom is 0.259 e. The first-order chi connectivity index (χ1) is 15.9. The van der Waals surface area contributed by atoms with Crippen molar-refractivity contribution >= 4 is 52.0 Å². The van der Waals surface area contributed by atoms with Crippen LogP contribution in [0.15, 0.2) is 65.8 Å². The quantitative estimate of drug-likeness (QED) is 0.182. The van der Waals surface area contributed by atoms with Gasteiger partial charge in [-0.3, -0.25) is 4.79 Å². The minimum absolute atomic E-state index is 0.125. The first-order valence-corrected chi connectivity index (χ1v) is 11.9. The van der Waals surface area contributed by atoms with E-state index in [-0.39, 0.29) is 12.5 Å². The Labute approximate surface area is 212 Å². The Bertz CT molecular complexity index is 1100. The molecule has 0 aromatic heterocycles. The molecule has 0 radical (unpaired) electrons. The number of halogens is 2. The molecule has 0 spiro atoms. The third kappa shape index (κ3) is 7.94. The van der Waals surface area contributed by atoms with Gasteiger partial charge in [-0.15, -0.1) is 0 Å². The van der Waals surface area contributed by atoms with Crippen molar-refractivity contribution in [1.82, 2.24) is 5.43 Å². The molecule has 0 aliphatic rings. The maximum atomic E-state index is 12.1. The highest BCUT2D eigenvalue weighted by atomic mass is 127. The number of hydrogen-bond donors (Lipinski definition) is 2. The van der Waals surface area contributed by atoms with E-state index in [0.717, 1.165) is 25.9 Å². The first kappa shape index (κ1) is 24.9. The van der Waals surface area contributed by atoms with Crippen molar-refractivity contribution in [2.45, 2.75) is 20.5 Å². The largest absolute Gasteiger partial charge is 0.490 e. The molecule has 0 unspecified atom stereocenters. The zero-order valence-corrected chi connectivity index (χ0v) is 21.3. The third-order valence-corrected chi connectivity index (χ3v) is 5.59. The molecule has 1 amide bonds. The normalized spacial score (nSPS) is 10.8. The number of anilines is 1. The SMILES string of the molecule is CCOc1cc(/C=N\NC(=O)CNc2ccc(C)cc2)cc(I)c1OCc1ccc(Cl)cc1. The van der Waals surface area contributed by atoms with E-state index < -0.39 is 0 Å². The number of carbonyl (C=O) groups is 1. The predicted molar refractivity (Wildman–Crippen MR) is 142 cm³/mol. The van der Waals surface area contributed by atoms with Crippen LogP contribution in [0.25, 0.3) is 0 Å². The Hall–Kier alpha value is -2.78. The van der Waals surface area contributed by atoms with Crippen molar-refractivity contribution in [3.05, 3.63) is 85.9 Å². The number of hydrazone groups is 1. The summed E-state index contributed by atoms with van der Waals surface area (Å²) in [4.78, 5) is 12.1. The van der Waals surface area contributed by atoms with E-state index in [1.165, 1.54) is 0 Å². The van der Waals surface area contributed by atoms with Crippen molar-refractivity contribution in [2.75, 3.05) is 18.5 Å². The van der Waals surface area contributed by atoms with Crippen molar-refractivity contribution in [3.63, 3.8) is 0 Å². The van der Waals surface area contributed by atoms with Gasteiger partial charge in [0.05, 0.1) is 22.9 Å². The Morgan fingerprint density at radius 1 is 1.09 bits per heavy atom. The molecule has 6 nitrogen and oxygen atoms in total. The lowest BCUT2D eigenvalue weighted by atomic mass is 10.2. The van der Waals surface area contributed by atoms with Crippen LogP contribution in [0.5, 0.6) is 11.5 Å². The van der Waals surface area contributed by atoms with E-state index in [1.807, 2.05) is 74.5 Å². The number of amides is 1. The molecular formula is C25H25ClIN3O3. The molecule has 172 valence electrons. The van der Waals surface area contributed by atoms with Crippen LogP contribution in [0.1, 0.15) is 23.6 Å². The standard InChI is InChI=1S/C25H25ClIN3O3/c1-3-32-23-13-19(12-22(27)25(23)33-16-18-6-8-20(26)9-7-18)14-29-30-24(31)15-28-21-10-4-17(2)5-11-21/h4-14,28H,3,15-16H2,1-2H3,(H,30,31)/b29-14-. The molecule has 0 aliphatic heterocycles. The van der Waals surface area contributed by atoms with Gasteiger partial charge in [0, 0.05) is 10.7 Å². The molecular weight excluding hydrogens is 553 g/mol. The van der Waals surface area contributed by atoms with Crippen LogP contribution in [0.3, 0.4) is 0 Å². The fourth-order valence-electron chi connectivity index (χ4n) is 2.87. The fraction of sp³-hybridized carbons (Fsp3) is 0.200.